The molecule has 21 heavy (non-hydrogen) atoms. The van der Waals surface area contributed by atoms with Crippen molar-refractivity contribution in [2.75, 3.05) is 32.8 Å². The molecule has 1 aliphatic heterocycles. The van der Waals surface area contributed by atoms with Gasteiger partial charge in [0.05, 0.1) is 18.4 Å². The van der Waals surface area contributed by atoms with E-state index in [1.54, 1.807) is 16.7 Å². The first kappa shape index (κ1) is 15.6. The maximum atomic E-state index is 12.4. The molecule has 2 amide bonds. The number of hydrogen-bond acceptors (Lipinski definition) is 4. The van der Waals surface area contributed by atoms with Crippen molar-refractivity contribution >= 4 is 18.0 Å². The lowest BCUT2D eigenvalue weighted by molar-refractivity contribution is -0.142. The van der Waals surface area contributed by atoms with Gasteiger partial charge in [-0.25, -0.2) is 4.79 Å². The number of piperazine rings is 1. The van der Waals surface area contributed by atoms with Crippen molar-refractivity contribution in [2.24, 2.45) is 17.3 Å². The van der Waals surface area contributed by atoms with E-state index in [-0.39, 0.29) is 12.0 Å². The largest absolute Gasteiger partial charge is 0.481 e. The first-order valence-electron chi connectivity index (χ1n) is 7.24. The molecule has 0 aromatic heterocycles. The average molecular weight is 298 g/mol. The van der Waals surface area contributed by atoms with Crippen LogP contribution in [0.1, 0.15) is 20.8 Å². The Hall–Kier alpha value is -1.79. The van der Waals surface area contributed by atoms with Gasteiger partial charge in [0.1, 0.15) is 0 Å². The predicted octanol–water partition coefficient (Wildman–Crippen LogP) is 0.644. The lowest BCUT2D eigenvalue weighted by atomic mass is 10.1. The number of amides is 2. The van der Waals surface area contributed by atoms with Gasteiger partial charge in [0.2, 0.25) is 5.91 Å². The highest BCUT2D eigenvalue weighted by Gasteiger charge is 2.66. The number of carbonyl (C=O) groups excluding carboxylic acids is 2. The lowest BCUT2D eigenvalue weighted by Crippen LogP contribution is -2.51. The highest BCUT2D eigenvalue weighted by Crippen LogP contribution is 2.59. The third-order valence-corrected chi connectivity index (χ3v) is 4.48. The van der Waals surface area contributed by atoms with E-state index in [4.69, 9.17) is 9.84 Å². The van der Waals surface area contributed by atoms with Crippen LogP contribution in [0.2, 0.25) is 0 Å². The molecule has 0 unspecified atom stereocenters. The standard InChI is InChI=1S/C14H22N2O5/c1-4-21-13(20)16-7-5-15(6-8-16)11(17)9-10(12(18)19)14(9,2)3/h9-10H,4-8H2,1-3H3,(H,18,19)/t9-,10+/m1/s1. The Balaban J connectivity index is 1.90. The van der Waals surface area contributed by atoms with E-state index in [1.165, 1.54) is 0 Å². The Morgan fingerprint density at radius 2 is 1.62 bits per heavy atom. The summed E-state index contributed by atoms with van der Waals surface area (Å²) in [5, 5.41) is 9.14. The van der Waals surface area contributed by atoms with E-state index in [2.05, 4.69) is 0 Å². The highest BCUT2D eigenvalue weighted by atomic mass is 16.6. The second-order valence-corrected chi connectivity index (χ2v) is 6.13. The summed E-state index contributed by atoms with van der Waals surface area (Å²) in [5.74, 6) is -2.09. The fourth-order valence-electron chi connectivity index (χ4n) is 3.08. The van der Waals surface area contributed by atoms with Crippen molar-refractivity contribution in [3.05, 3.63) is 0 Å². The molecule has 1 saturated carbocycles. The number of carboxylic acid groups (broad SMARTS) is 1. The summed E-state index contributed by atoms with van der Waals surface area (Å²) in [6.45, 7) is 7.40. The maximum Gasteiger partial charge on any atom is 0.409 e. The van der Waals surface area contributed by atoms with Crippen molar-refractivity contribution in [2.45, 2.75) is 20.8 Å². The molecule has 2 fully saturated rings. The monoisotopic (exact) mass is 298 g/mol. The van der Waals surface area contributed by atoms with Gasteiger partial charge in [-0.2, -0.15) is 0 Å². The van der Waals surface area contributed by atoms with Crippen molar-refractivity contribution in [3.63, 3.8) is 0 Å². The van der Waals surface area contributed by atoms with Crippen LogP contribution in [0.3, 0.4) is 0 Å². The van der Waals surface area contributed by atoms with Crippen molar-refractivity contribution in [3.8, 4) is 0 Å². The molecule has 7 heteroatoms. The summed E-state index contributed by atoms with van der Waals surface area (Å²) >= 11 is 0. The zero-order valence-electron chi connectivity index (χ0n) is 12.7. The zero-order chi connectivity index (χ0) is 15.8. The second-order valence-electron chi connectivity index (χ2n) is 6.13. The van der Waals surface area contributed by atoms with Crippen LogP contribution in [0.5, 0.6) is 0 Å². The van der Waals surface area contributed by atoms with Crippen molar-refractivity contribution in [1.29, 1.82) is 0 Å². The number of ether oxygens (including phenoxy) is 1. The van der Waals surface area contributed by atoms with E-state index in [0.29, 0.717) is 32.8 Å². The molecule has 1 N–H and O–H groups in total. The third-order valence-electron chi connectivity index (χ3n) is 4.48. The molecule has 118 valence electrons. The number of hydrogen-bond donors (Lipinski definition) is 1. The summed E-state index contributed by atoms with van der Waals surface area (Å²) < 4.78 is 4.92. The molecule has 2 rings (SSSR count). The maximum absolute atomic E-state index is 12.4. The first-order valence-corrected chi connectivity index (χ1v) is 7.24. The Morgan fingerprint density at radius 3 is 2.05 bits per heavy atom. The minimum absolute atomic E-state index is 0.115. The Kier molecular flexibility index (Phi) is 4.11. The Bertz CT molecular complexity index is 454. The van der Waals surface area contributed by atoms with Gasteiger partial charge in [-0.15, -0.1) is 0 Å². The molecule has 1 heterocycles. The highest BCUT2D eigenvalue weighted by molar-refractivity contribution is 5.91. The molecule has 0 aromatic rings. The van der Waals surface area contributed by atoms with Gasteiger partial charge in [-0.1, -0.05) is 13.8 Å². The third kappa shape index (κ3) is 2.82. The molecule has 2 aliphatic rings. The molecule has 0 bridgehead atoms. The van der Waals surface area contributed by atoms with Crippen LogP contribution < -0.4 is 0 Å². The minimum Gasteiger partial charge on any atom is -0.481 e. The van der Waals surface area contributed by atoms with Crippen LogP contribution in [0.4, 0.5) is 4.79 Å². The Labute approximate surface area is 123 Å². The molecule has 2 atom stereocenters. The minimum atomic E-state index is -0.913. The van der Waals surface area contributed by atoms with Crippen molar-refractivity contribution in [1.82, 2.24) is 9.80 Å². The van der Waals surface area contributed by atoms with E-state index in [9.17, 15) is 14.4 Å². The van der Waals surface area contributed by atoms with Crippen LogP contribution in [-0.2, 0) is 14.3 Å². The van der Waals surface area contributed by atoms with Crippen LogP contribution in [-0.4, -0.2) is 65.7 Å². The smallest absolute Gasteiger partial charge is 0.409 e. The summed E-state index contributed by atoms with van der Waals surface area (Å²) in [4.78, 5) is 38.4. The molecule has 1 aliphatic carbocycles. The van der Waals surface area contributed by atoms with E-state index >= 15 is 0 Å². The van der Waals surface area contributed by atoms with Crippen LogP contribution in [0, 0.1) is 17.3 Å². The fraction of sp³-hybridized carbons (Fsp3) is 0.786. The van der Waals surface area contributed by atoms with Gasteiger partial charge in [-0.3, -0.25) is 9.59 Å². The molecular formula is C14H22N2O5. The normalized spacial score (nSPS) is 27.2. The van der Waals surface area contributed by atoms with E-state index in [0.717, 1.165) is 0 Å². The lowest BCUT2D eigenvalue weighted by Gasteiger charge is -2.34. The topological polar surface area (TPSA) is 87.2 Å². The number of nitrogens with zero attached hydrogens (tertiary/aromatic N) is 2. The first-order chi connectivity index (χ1) is 9.80. The van der Waals surface area contributed by atoms with Crippen LogP contribution in [0.15, 0.2) is 0 Å². The second kappa shape index (κ2) is 5.54. The van der Waals surface area contributed by atoms with Crippen molar-refractivity contribution < 1.29 is 24.2 Å². The molecule has 0 radical (unpaired) electrons. The van der Waals surface area contributed by atoms with E-state index < -0.39 is 23.2 Å². The number of aliphatic carboxylic acids is 1. The van der Waals surface area contributed by atoms with Gasteiger partial charge < -0.3 is 19.6 Å². The van der Waals surface area contributed by atoms with Gasteiger partial charge in [-0.05, 0) is 12.3 Å². The van der Waals surface area contributed by atoms with Crippen LogP contribution in [0.25, 0.3) is 0 Å². The predicted molar refractivity (Wildman–Crippen MR) is 73.6 cm³/mol. The quantitative estimate of drug-likeness (QED) is 0.826. The summed E-state index contributed by atoms with van der Waals surface area (Å²) in [7, 11) is 0. The average Bonchev–Trinajstić information content (AvgIpc) is 3.01. The van der Waals surface area contributed by atoms with E-state index in [1.807, 2.05) is 13.8 Å². The zero-order valence-corrected chi connectivity index (χ0v) is 12.7. The number of carbonyl (C=O) groups is 3. The SMILES string of the molecule is CCOC(=O)N1CCN(C(=O)[C@H]2[C@@H](C(=O)O)C2(C)C)CC1. The summed E-state index contributed by atoms with van der Waals surface area (Å²) in [6, 6.07) is 0. The molecule has 0 spiro atoms. The molecule has 7 nitrogen and oxygen atoms in total. The Morgan fingerprint density at radius 1 is 1.10 bits per heavy atom. The van der Waals surface area contributed by atoms with Gasteiger partial charge in [0, 0.05) is 26.2 Å². The summed E-state index contributed by atoms with van der Waals surface area (Å²) in [6.07, 6.45) is -0.361. The van der Waals surface area contributed by atoms with Gasteiger partial charge in [0.25, 0.3) is 0 Å². The summed E-state index contributed by atoms with van der Waals surface area (Å²) in [5.41, 5.74) is -0.485. The number of rotatable bonds is 3. The molecule has 1 saturated heterocycles. The fourth-order valence-corrected chi connectivity index (χ4v) is 3.08. The number of carboxylic acids is 1. The van der Waals surface area contributed by atoms with Gasteiger partial charge >= 0.3 is 12.1 Å². The molecular weight excluding hydrogens is 276 g/mol. The van der Waals surface area contributed by atoms with Gasteiger partial charge in [0.15, 0.2) is 0 Å². The van der Waals surface area contributed by atoms with Crippen LogP contribution >= 0.6 is 0 Å². The molecule has 0 aromatic carbocycles.